The number of sulfonamides is 1. The normalized spacial score (nSPS) is 29.5. The van der Waals surface area contributed by atoms with Gasteiger partial charge in [0.05, 0.1) is 23.0 Å². The Morgan fingerprint density at radius 2 is 1.91 bits per heavy atom. The minimum absolute atomic E-state index is 0.0234. The maximum atomic E-state index is 13.7. The van der Waals surface area contributed by atoms with E-state index in [1.54, 1.807) is 25.3 Å². The molecule has 2 aromatic carbocycles. The molecule has 1 N–H and O–H groups in total. The maximum absolute atomic E-state index is 13.7. The van der Waals surface area contributed by atoms with Crippen LogP contribution in [0.2, 0.25) is 5.02 Å². The smallest absolute Gasteiger partial charge is 0.390 e. The largest absolute Gasteiger partial charge is 0.487 e. The van der Waals surface area contributed by atoms with E-state index < -0.39 is 45.3 Å². The Balaban J connectivity index is 1.58. The van der Waals surface area contributed by atoms with Crippen molar-refractivity contribution in [3.8, 4) is 5.75 Å². The third-order valence-corrected chi connectivity index (χ3v) is 12.1. The molecule has 7 nitrogen and oxygen atoms in total. The molecule has 5 rings (SSSR count). The number of alkyl halides is 3. The molecule has 1 aliphatic carbocycles. The first kappa shape index (κ1) is 34.6. The fourth-order valence-electron chi connectivity index (χ4n) is 7.02. The lowest BCUT2D eigenvalue weighted by Gasteiger charge is -2.48. The van der Waals surface area contributed by atoms with Crippen molar-refractivity contribution in [2.75, 3.05) is 25.1 Å². The summed E-state index contributed by atoms with van der Waals surface area (Å²) in [5.41, 5.74) is 2.07. The molecule has 3 aliphatic rings. The van der Waals surface area contributed by atoms with Gasteiger partial charge in [-0.05, 0) is 105 Å². The number of halogens is 4. The zero-order chi connectivity index (χ0) is 33.3. The number of ether oxygens (including phenoxy) is 2. The minimum Gasteiger partial charge on any atom is -0.487 e. The summed E-state index contributed by atoms with van der Waals surface area (Å²) in [6.45, 7) is 5.03. The molecule has 252 valence electrons. The number of aryl methyl sites for hydroxylation is 1. The van der Waals surface area contributed by atoms with E-state index in [1.165, 1.54) is 13.0 Å². The number of nitrogens with one attached hydrogen (secondary N) is 1. The summed E-state index contributed by atoms with van der Waals surface area (Å²) in [6, 6.07) is 10.4. The van der Waals surface area contributed by atoms with E-state index in [0.29, 0.717) is 29.5 Å². The van der Waals surface area contributed by atoms with Crippen LogP contribution < -0.4 is 14.4 Å². The highest BCUT2D eigenvalue weighted by Crippen LogP contribution is 2.46. The number of anilines is 1. The Labute approximate surface area is 274 Å². The number of amides is 1. The lowest BCUT2D eigenvalue weighted by molar-refractivity contribution is -0.136. The van der Waals surface area contributed by atoms with E-state index in [0.717, 1.165) is 43.2 Å². The van der Waals surface area contributed by atoms with E-state index in [1.807, 2.05) is 35.9 Å². The van der Waals surface area contributed by atoms with Gasteiger partial charge in [-0.2, -0.15) is 13.2 Å². The first-order valence-corrected chi connectivity index (χ1v) is 17.8. The Hall–Kier alpha value is -2.76. The van der Waals surface area contributed by atoms with Crippen LogP contribution in [0.15, 0.2) is 48.6 Å². The molecule has 2 aliphatic heterocycles. The number of allylic oxidation sites excluding steroid dienone is 1. The van der Waals surface area contributed by atoms with Crippen LogP contribution in [0.3, 0.4) is 0 Å². The topological polar surface area (TPSA) is 84.9 Å². The summed E-state index contributed by atoms with van der Waals surface area (Å²) in [5.74, 6) is -1.01. The van der Waals surface area contributed by atoms with Gasteiger partial charge in [-0.3, -0.25) is 4.79 Å². The summed E-state index contributed by atoms with van der Waals surface area (Å²) >= 11 is 6.30. The third kappa shape index (κ3) is 7.85. The van der Waals surface area contributed by atoms with E-state index in [9.17, 15) is 26.4 Å². The quantitative estimate of drug-likeness (QED) is 0.331. The van der Waals surface area contributed by atoms with Crippen molar-refractivity contribution in [3.63, 3.8) is 0 Å². The third-order valence-electron chi connectivity index (χ3n) is 9.94. The molecule has 2 heterocycles. The number of nitrogens with zero attached hydrogens (tertiary/aromatic N) is 1. The molecular formula is C34H42ClF3N2O5S. The van der Waals surface area contributed by atoms with Crippen LogP contribution in [0, 0.1) is 17.8 Å². The van der Waals surface area contributed by atoms with Gasteiger partial charge in [0.15, 0.2) is 0 Å². The second-order valence-electron chi connectivity index (χ2n) is 13.1. The Morgan fingerprint density at radius 1 is 1.13 bits per heavy atom. The summed E-state index contributed by atoms with van der Waals surface area (Å²) in [6.07, 6.45) is 1.78. The van der Waals surface area contributed by atoms with Crippen molar-refractivity contribution < 1.29 is 35.9 Å². The predicted octanol–water partition coefficient (Wildman–Crippen LogP) is 7.47. The molecule has 0 spiro atoms. The van der Waals surface area contributed by atoms with Crippen LogP contribution in [-0.4, -0.2) is 51.6 Å². The molecule has 2 unspecified atom stereocenters. The molecule has 1 saturated carbocycles. The molecule has 1 fully saturated rings. The number of carbonyl (C=O) groups excluding carboxylic acids is 1. The van der Waals surface area contributed by atoms with E-state index in [2.05, 4.69) is 4.90 Å². The van der Waals surface area contributed by atoms with Crippen LogP contribution in [0.4, 0.5) is 18.9 Å². The van der Waals surface area contributed by atoms with Gasteiger partial charge in [0.25, 0.3) is 5.91 Å². The van der Waals surface area contributed by atoms with Crippen molar-refractivity contribution in [1.82, 2.24) is 4.72 Å². The summed E-state index contributed by atoms with van der Waals surface area (Å²) < 4.78 is 82.1. The summed E-state index contributed by atoms with van der Waals surface area (Å²) in [5, 5.41) is -1.21. The van der Waals surface area contributed by atoms with E-state index >= 15 is 0 Å². The zero-order valence-electron chi connectivity index (χ0n) is 26.4. The predicted molar refractivity (Wildman–Crippen MR) is 173 cm³/mol. The van der Waals surface area contributed by atoms with Crippen LogP contribution in [0.5, 0.6) is 5.75 Å². The second-order valence-corrected chi connectivity index (χ2v) is 15.4. The summed E-state index contributed by atoms with van der Waals surface area (Å²) in [7, 11) is -3.09. The highest BCUT2D eigenvalue weighted by atomic mass is 35.5. The van der Waals surface area contributed by atoms with Crippen molar-refractivity contribution in [2.24, 2.45) is 17.8 Å². The molecule has 0 aromatic heterocycles. The number of fused-ring (bicyclic) bond motifs is 3. The maximum Gasteiger partial charge on any atom is 0.390 e. The Kier molecular flexibility index (Phi) is 10.3. The first-order valence-electron chi connectivity index (χ1n) is 15.8. The van der Waals surface area contributed by atoms with Crippen LogP contribution in [-0.2, 0) is 27.8 Å². The molecule has 46 heavy (non-hydrogen) atoms. The fourth-order valence-corrected chi connectivity index (χ4v) is 8.88. The average Bonchev–Trinajstić information content (AvgIpc) is 3.00. The number of hydrogen-bond donors (Lipinski definition) is 1. The molecule has 5 atom stereocenters. The van der Waals surface area contributed by atoms with Gasteiger partial charge in [-0.1, -0.05) is 36.7 Å². The van der Waals surface area contributed by atoms with Crippen LogP contribution >= 0.6 is 11.6 Å². The molecule has 1 amide bonds. The Bertz CT molecular complexity index is 1570. The Morgan fingerprint density at radius 3 is 2.61 bits per heavy atom. The van der Waals surface area contributed by atoms with Gasteiger partial charge in [0, 0.05) is 30.8 Å². The highest BCUT2D eigenvalue weighted by Gasteiger charge is 2.45. The standard InChI is InChI=1S/C34H42ClF3N2O5S/c1-22-7-6-15-33(2,44-3)28-13-10-25(28)20-40-16-5-4-8-23-17-27(35)12-9-26(23)21-45-30-14-11-24(18-29(30)40)32(41)39-46(42,43)31(22)19-34(36,37)38/h6,9,11-12,14-15,17-18,22,25,28,31H,4-5,7-8,10,13,16,19-21H2,1-3H3,(H,39,41)/b15-6-/t22-,25?,28?,31-,33+/m0/s1. The zero-order valence-corrected chi connectivity index (χ0v) is 28.0. The van der Waals surface area contributed by atoms with Crippen molar-refractivity contribution in [3.05, 3.63) is 70.3 Å². The second kappa shape index (κ2) is 13.8. The van der Waals surface area contributed by atoms with Gasteiger partial charge >= 0.3 is 6.18 Å². The first-order chi connectivity index (χ1) is 21.7. The number of methoxy groups -OCH3 is 1. The van der Waals surface area contributed by atoms with Crippen molar-refractivity contribution in [1.29, 1.82) is 0 Å². The number of rotatable bonds is 2. The van der Waals surface area contributed by atoms with Crippen LogP contribution in [0.25, 0.3) is 0 Å². The monoisotopic (exact) mass is 682 g/mol. The molecule has 2 bridgehead atoms. The van der Waals surface area contributed by atoms with Gasteiger partial charge in [-0.15, -0.1) is 0 Å². The number of hydrogen-bond acceptors (Lipinski definition) is 6. The van der Waals surface area contributed by atoms with Gasteiger partial charge < -0.3 is 14.4 Å². The fraction of sp³-hybridized carbons (Fsp3) is 0.559. The van der Waals surface area contributed by atoms with Crippen LogP contribution in [0.1, 0.15) is 73.9 Å². The summed E-state index contributed by atoms with van der Waals surface area (Å²) in [4.78, 5) is 15.6. The average molecular weight is 683 g/mol. The number of benzene rings is 2. The van der Waals surface area contributed by atoms with Crippen molar-refractivity contribution in [2.45, 2.75) is 82.4 Å². The molecule has 0 saturated heterocycles. The lowest BCUT2D eigenvalue weighted by atomic mass is 9.64. The molecular weight excluding hydrogens is 641 g/mol. The van der Waals surface area contributed by atoms with E-state index in [4.69, 9.17) is 21.1 Å². The van der Waals surface area contributed by atoms with Gasteiger partial charge in [-0.25, -0.2) is 13.1 Å². The minimum atomic E-state index is -4.75. The van der Waals surface area contributed by atoms with Gasteiger partial charge in [0.1, 0.15) is 12.4 Å². The highest BCUT2D eigenvalue weighted by molar-refractivity contribution is 7.90. The van der Waals surface area contributed by atoms with E-state index in [-0.39, 0.29) is 30.4 Å². The van der Waals surface area contributed by atoms with Crippen molar-refractivity contribution >= 4 is 33.2 Å². The molecule has 2 aromatic rings. The number of carbonyl (C=O) groups is 1. The van der Waals surface area contributed by atoms with Gasteiger partial charge in [0.2, 0.25) is 10.0 Å². The molecule has 0 radical (unpaired) electrons. The molecule has 12 heteroatoms. The lowest BCUT2D eigenvalue weighted by Crippen LogP contribution is -2.49. The SMILES string of the molecule is CO[C@]1(C)/C=C\C[C@H](C)[C@H](CC(F)(F)F)S(=O)(=O)NC(=O)c2ccc3c(c2)N(CCCCc2cc(Cl)ccc2CO3)CC2CCC21.